The highest BCUT2D eigenvalue weighted by molar-refractivity contribution is 8.01. The quantitative estimate of drug-likeness (QED) is 0.375. The van der Waals surface area contributed by atoms with E-state index in [0.717, 1.165) is 6.07 Å². The van der Waals surface area contributed by atoms with Crippen LogP contribution in [0.2, 0.25) is 0 Å². The number of hydrogen-bond acceptors (Lipinski definition) is 5. The predicted molar refractivity (Wildman–Crippen MR) is 104 cm³/mol. The lowest BCUT2D eigenvalue weighted by molar-refractivity contribution is -0.0887. The van der Waals surface area contributed by atoms with Crippen molar-refractivity contribution in [3.63, 3.8) is 0 Å². The van der Waals surface area contributed by atoms with Gasteiger partial charge in [0.15, 0.2) is 0 Å². The van der Waals surface area contributed by atoms with Crippen LogP contribution in [0.1, 0.15) is 10.4 Å². The second kappa shape index (κ2) is 7.73. The van der Waals surface area contributed by atoms with Gasteiger partial charge in [0, 0.05) is 11.1 Å². The monoisotopic (exact) mass is 442 g/mol. The second-order valence-electron chi connectivity index (χ2n) is 5.66. The standard InChI is InChI=1S/C19H13F3O3S3/c1-26-18-15(10-11-27-18)28(24,25)16-13(12-6-3-2-4-7-12)8-5-9-14(16)17(23)19(20,21)22/h2-11H,1H3. The van der Waals surface area contributed by atoms with Crippen LogP contribution >= 0.6 is 23.1 Å². The summed E-state index contributed by atoms with van der Waals surface area (Å²) in [5.41, 5.74) is -0.431. The van der Waals surface area contributed by atoms with Crippen molar-refractivity contribution in [1.29, 1.82) is 0 Å². The van der Waals surface area contributed by atoms with Crippen molar-refractivity contribution >= 4 is 38.7 Å². The molecule has 0 spiro atoms. The molecule has 3 aromatic rings. The largest absolute Gasteiger partial charge is 0.454 e. The van der Waals surface area contributed by atoms with Gasteiger partial charge in [-0.3, -0.25) is 4.79 Å². The Bertz CT molecular complexity index is 1120. The van der Waals surface area contributed by atoms with E-state index in [9.17, 15) is 26.4 Å². The van der Waals surface area contributed by atoms with Gasteiger partial charge in [0.2, 0.25) is 9.84 Å². The number of thiophene rings is 1. The summed E-state index contributed by atoms with van der Waals surface area (Å²) < 4.78 is 66.8. The fourth-order valence-electron chi connectivity index (χ4n) is 2.74. The Labute approximate surface area is 168 Å². The third-order valence-corrected chi connectivity index (χ3v) is 8.18. The van der Waals surface area contributed by atoms with Gasteiger partial charge in [-0.2, -0.15) is 13.2 Å². The van der Waals surface area contributed by atoms with Crippen molar-refractivity contribution in [2.24, 2.45) is 0 Å². The Balaban J connectivity index is 2.38. The molecule has 3 nitrogen and oxygen atoms in total. The van der Waals surface area contributed by atoms with E-state index in [2.05, 4.69) is 0 Å². The van der Waals surface area contributed by atoms with Crippen LogP contribution in [0.5, 0.6) is 0 Å². The lowest BCUT2D eigenvalue weighted by atomic mass is 10.0. The molecule has 0 N–H and O–H groups in total. The molecular weight excluding hydrogens is 429 g/mol. The van der Waals surface area contributed by atoms with Gasteiger partial charge < -0.3 is 0 Å². The van der Waals surface area contributed by atoms with Crippen LogP contribution in [-0.2, 0) is 9.84 Å². The third kappa shape index (κ3) is 3.74. The van der Waals surface area contributed by atoms with Gasteiger partial charge in [0.1, 0.15) is 0 Å². The fourth-order valence-corrected chi connectivity index (χ4v) is 6.83. The smallest absolute Gasteiger partial charge is 0.284 e. The highest BCUT2D eigenvalue weighted by Gasteiger charge is 2.43. The number of thioether (sulfide) groups is 1. The molecule has 0 aliphatic rings. The van der Waals surface area contributed by atoms with Gasteiger partial charge >= 0.3 is 6.18 Å². The van der Waals surface area contributed by atoms with Crippen molar-refractivity contribution in [2.45, 2.75) is 20.2 Å². The van der Waals surface area contributed by atoms with Crippen LogP contribution in [0.25, 0.3) is 11.1 Å². The minimum Gasteiger partial charge on any atom is -0.284 e. The summed E-state index contributed by atoms with van der Waals surface area (Å²) >= 11 is 2.35. The Morgan fingerprint density at radius 2 is 1.68 bits per heavy atom. The zero-order valence-electron chi connectivity index (χ0n) is 14.4. The number of alkyl halides is 3. The first kappa shape index (κ1) is 20.6. The van der Waals surface area contributed by atoms with E-state index in [1.807, 2.05) is 0 Å². The lowest BCUT2D eigenvalue weighted by Crippen LogP contribution is -2.25. The van der Waals surface area contributed by atoms with Crippen LogP contribution in [-0.4, -0.2) is 26.6 Å². The number of ketones is 1. The van der Waals surface area contributed by atoms with Crippen molar-refractivity contribution in [3.05, 3.63) is 65.5 Å². The van der Waals surface area contributed by atoms with E-state index < -0.39 is 32.3 Å². The number of carbonyl (C=O) groups is 1. The normalized spacial score (nSPS) is 12.1. The molecule has 3 rings (SSSR count). The molecule has 0 bridgehead atoms. The molecule has 1 aromatic heterocycles. The molecule has 0 unspecified atom stereocenters. The first-order chi connectivity index (χ1) is 13.2. The molecule has 0 atom stereocenters. The summed E-state index contributed by atoms with van der Waals surface area (Å²) in [5, 5.41) is 1.55. The summed E-state index contributed by atoms with van der Waals surface area (Å²) in [6, 6.07) is 13.1. The maximum atomic E-state index is 13.4. The van der Waals surface area contributed by atoms with Crippen molar-refractivity contribution < 1.29 is 26.4 Å². The van der Waals surface area contributed by atoms with Gasteiger partial charge in [-0.25, -0.2) is 8.42 Å². The van der Waals surface area contributed by atoms with E-state index in [1.165, 1.54) is 41.3 Å². The second-order valence-corrected chi connectivity index (χ2v) is 9.50. The number of carbonyl (C=O) groups excluding carboxylic acids is 1. The Morgan fingerprint density at radius 1 is 1.00 bits per heavy atom. The first-order valence-electron chi connectivity index (χ1n) is 7.84. The molecular formula is C19H13F3O3S3. The molecule has 28 heavy (non-hydrogen) atoms. The molecule has 0 aliphatic heterocycles. The average molecular weight is 443 g/mol. The molecule has 0 saturated carbocycles. The SMILES string of the molecule is CSc1sccc1S(=O)(=O)c1c(C(=O)C(F)(F)F)cccc1-c1ccccc1. The maximum absolute atomic E-state index is 13.4. The number of rotatable bonds is 5. The molecule has 0 fully saturated rings. The third-order valence-electron chi connectivity index (χ3n) is 3.94. The molecule has 0 aliphatic carbocycles. The number of benzene rings is 2. The van der Waals surface area contributed by atoms with Gasteiger partial charge in [-0.05, 0) is 29.3 Å². The topological polar surface area (TPSA) is 51.2 Å². The Hall–Kier alpha value is -2.10. The molecule has 0 radical (unpaired) electrons. The van der Waals surface area contributed by atoms with Crippen LogP contribution in [0.15, 0.2) is 74.0 Å². The number of hydrogen-bond donors (Lipinski definition) is 0. The zero-order chi connectivity index (χ0) is 20.5. The van der Waals surface area contributed by atoms with E-state index >= 15 is 0 Å². The minimum atomic E-state index is -5.20. The first-order valence-corrected chi connectivity index (χ1v) is 11.4. The minimum absolute atomic E-state index is 0.0500. The van der Waals surface area contributed by atoms with Gasteiger partial charge in [-0.1, -0.05) is 42.5 Å². The molecule has 0 saturated heterocycles. The number of halogens is 3. The molecule has 9 heteroatoms. The summed E-state index contributed by atoms with van der Waals surface area (Å²) in [5.74, 6) is -2.19. The fraction of sp³-hybridized carbons (Fsp3) is 0.105. The maximum Gasteiger partial charge on any atom is 0.454 e. The van der Waals surface area contributed by atoms with Crippen molar-refractivity contribution in [1.82, 2.24) is 0 Å². The summed E-state index contributed by atoms with van der Waals surface area (Å²) in [6.45, 7) is 0. The highest BCUT2D eigenvalue weighted by Crippen LogP contribution is 2.40. The predicted octanol–water partition coefficient (Wildman–Crippen LogP) is 5.71. The van der Waals surface area contributed by atoms with Crippen LogP contribution in [0, 0.1) is 0 Å². The highest BCUT2D eigenvalue weighted by atomic mass is 32.2. The van der Waals surface area contributed by atoms with E-state index in [0.29, 0.717) is 9.77 Å². The Kier molecular flexibility index (Phi) is 5.69. The van der Waals surface area contributed by atoms with E-state index in [-0.39, 0.29) is 10.5 Å². The molecule has 0 amide bonds. The average Bonchev–Trinajstić information content (AvgIpc) is 3.16. The van der Waals surface area contributed by atoms with Crippen LogP contribution < -0.4 is 0 Å². The van der Waals surface area contributed by atoms with E-state index in [4.69, 9.17) is 0 Å². The van der Waals surface area contributed by atoms with Gasteiger partial charge in [0.05, 0.1) is 14.0 Å². The summed E-state index contributed by atoms with van der Waals surface area (Å²) in [7, 11) is -4.38. The van der Waals surface area contributed by atoms with Crippen LogP contribution in [0.3, 0.4) is 0 Å². The Morgan fingerprint density at radius 3 is 2.29 bits per heavy atom. The number of Topliss-reactive ketones (excluding diaryl/α,β-unsaturated/α-hetero) is 1. The van der Waals surface area contributed by atoms with Crippen molar-refractivity contribution in [2.75, 3.05) is 6.26 Å². The summed E-state index contributed by atoms with van der Waals surface area (Å²) in [6.07, 6.45) is -3.52. The molecule has 1 heterocycles. The summed E-state index contributed by atoms with van der Waals surface area (Å²) in [4.78, 5) is 11.3. The van der Waals surface area contributed by atoms with E-state index in [1.54, 1.807) is 42.0 Å². The number of sulfone groups is 1. The van der Waals surface area contributed by atoms with Gasteiger partial charge in [-0.15, -0.1) is 23.1 Å². The molecule has 146 valence electrons. The lowest BCUT2D eigenvalue weighted by Gasteiger charge is -2.16. The van der Waals surface area contributed by atoms with Crippen molar-refractivity contribution in [3.8, 4) is 11.1 Å². The zero-order valence-corrected chi connectivity index (χ0v) is 16.8. The van der Waals surface area contributed by atoms with Crippen LogP contribution in [0.4, 0.5) is 13.2 Å². The molecule has 2 aromatic carbocycles. The van der Waals surface area contributed by atoms with Gasteiger partial charge in [0.25, 0.3) is 5.78 Å².